The van der Waals surface area contributed by atoms with E-state index in [1.165, 1.54) is 0 Å². The molecule has 20 heavy (non-hydrogen) atoms. The van der Waals surface area contributed by atoms with Crippen LogP contribution in [0.5, 0.6) is 5.75 Å². The molecule has 2 rings (SSSR count). The summed E-state index contributed by atoms with van der Waals surface area (Å²) in [5, 5.41) is 2.88. The highest BCUT2D eigenvalue weighted by molar-refractivity contribution is 9.10. The number of nitrogens with one attached hydrogen (secondary N) is 1. The van der Waals surface area contributed by atoms with Crippen LogP contribution in [0.3, 0.4) is 0 Å². The van der Waals surface area contributed by atoms with Crippen molar-refractivity contribution in [3.63, 3.8) is 0 Å². The Kier molecular flexibility index (Phi) is 5.12. The molecule has 0 spiro atoms. The quantitative estimate of drug-likeness (QED) is 0.914. The van der Waals surface area contributed by atoms with Crippen molar-refractivity contribution in [2.75, 3.05) is 13.7 Å². The first-order chi connectivity index (χ1) is 9.70. The molecule has 0 unspecified atom stereocenters. The van der Waals surface area contributed by atoms with Crippen LogP contribution in [-0.4, -0.2) is 24.5 Å². The van der Waals surface area contributed by atoms with Crippen LogP contribution >= 0.6 is 15.9 Å². The third-order valence-corrected chi connectivity index (χ3v) is 3.50. The summed E-state index contributed by atoms with van der Waals surface area (Å²) in [5.74, 6) is 0.523. The Morgan fingerprint density at radius 3 is 2.90 bits per heavy atom. The van der Waals surface area contributed by atoms with Crippen molar-refractivity contribution < 1.29 is 9.53 Å². The zero-order valence-electron chi connectivity index (χ0n) is 11.1. The standard InChI is InChI=1S/C15H15BrN2O2/c1-20-12-5-6-14(16)13(10-12)15(19)18-9-7-11-4-2-3-8-17-11/h2-6,8,10H,7,9H2,1H3,(H,18,19). The average Bonchev–Trinajstić information content (AvgIpc) is 2.48. The number of pyridine rings is 1. The predicted octanol–water partition coefficient (Wildman–Crippen LogP) is 2.83. The predicted molar refractivity (Wildman–Crippen MR) is 81.0 cm³/mol. The molecule has 0 radical (unpaired) electrons. The summed E-state index contributed by atoms with van der Waals surface area (Å²) in [4.78, 5) is 16.3. The molecule has 0 fully saturated rings. The van der Waals surface area contributed by atoms with Crippen molar-refractivity contribution in [2.24, 2.45) is 0 Å². The number of benzene rings is 1. The summed E-state index contributed by atoms with van der Waals surface area (Å²) < 4.78 is 5.87. The van der Waals surface area contributed by atoms with Gasteiger partial charge >= 0.3 is 0 Å². The number of halogens is 1. The van der Waals surface area contributed by atoms with Crippen molar-refractivity contribution in [1.82, 2.24) is 10.3 Å². The summed E-state index contributed by atoms with van der Waals surface area (Å²) >= 11 is 3.37. The van der Waals surface area contributed by atoms with E-state index in [2.05, 4.69) is 26.2 Å². The smallest absolute Gasteiger partial charge is 0.252 e. The molecule has 0 bridgehead atoms. The Bertz CT molecular complexity index is 588. The zero-order valence-corrected chi connectivity index (χ0v) is 12.7. The van der Waals surface area contributed by atoms with Crippen molar-refractivity contribution >= 4 is 21.8 Å². The maximum atomic E-state index is 12.1. The van der Waals surface area contributed by atoms with Gasteiger partial charge in [-0.3, -0.25) is 9.78 Å². The van der Waals surface area contributed by atoms with Crippen LogP contribution in [0.15, 0.2) is 47.1 Å². The van der Waals surface area contributed by atoms with Gasteiger partial charge in [0.15, 0.2) is 0 Å². The molecular weight excluding hydrogens is 320 g/mol. The molecule has 1 heterocycles. The van der Waals surface area contributed by atoms with E-state index >= 15 is 0 Å². The molecule has 1 N–H and O–H groups in total. The second-order valence-electron chi connectivity index (χ2n) is 4.17. The zero-order chi connectivity index (χ0) is 14.4. The first kappa shape index (κ1) is 14.5. The number of rotatable bonds is 5. The van der Waals surface area contributed by atoms with Gasteiger partial charge in [0.05, 0.1) is 12.7 Å². The normalized spacial score (nSPS) is 10.1. The minimum atomic E-state index is -0.133. The number of amides is 1. The summed E-state index contributed by atoms with van der Waals surface area (Å²) in [6.45, 7) is 0.541. The van der Waals surface area contributed by atoms with Crippen LogP contribution in [0.2, 0.25) is 0 Å². The fraction of sp³-hybridized carbons (Fsp3) is 0.200. The van der Waals surface area contributed by atoms with Crippen molar-refractivity contribution in [3.8, 4) is 5.75 Å². The van der Waals surface area contributed by atoms with Gasteiger partial charge in [0.1, 0.15) is 5.75 Å². The van der Waals surface area contributed by atoms with Gasteiger partial charge in [-0.15, -0.1) is 0 Å². The van der Waals surface area contributed by atoms with E-state index in [1.54, 1.807) is 31.5 Å². The summed E-state index contributed by atoms with van der Waals surface area (Å²) in [5.41, 5.74) is 1.52. The molecule has 0 saturated carbocycles. The van der Waals surface area contributed by atoms with E-state index < -0.39 is 0 Å². The minimum absolute atomic E-state index is 0.133. The molecule has 104 valence electrons. The summed E-state index contributed by atoms with van der Waals surface area (Å²) in [6, 6.07) is 11.0. The number of ether oxygens (including phenoxy) is 1. The lowest BCUT2D eigenvalue weighted by atomic mass is 10.2. The number of methoxy groups -OCH3 is 1. The monoisotopic (exact) mass is 334 g/mol. The molecule has 2 aromatic rings. The molecule has 0 saturated heterocycles. The van der Waals surface area contributed by atoms with Crippen LogP contribution in [0.25, 0.3) is 0 Å². The molecule has 0 aliphatic rings. The lowest BCUT2D eigenvalue weighted by Crippen LogP contribution is -2.26. The third kappa shape index (κ3) is 3.81. The molecule has 0 aliphatic carbocycles. The van der Waals surface area contributed by atoms with Gasteiger partial charge in [0, 0.05) is 29.3 Å². The van der Waals surface area contributed by atoms with E-state index in [0.717, 1.165) is 10.2 Å². The number of aromatic nitrogens is 1. The summed E-state index contributed by atoms with van der Waals surface area (Å²) in [6.07, 6.45) is 2.45. The first-order valence-electron chi connectivity index (χ1n) is 6.22. The third-order valence-electron chi connectivity index (χ3n) is 2.81. The topological polar surface area (TPSA) is 51.2 Å². The molecule has 1 amide bonds. The Labute approximate surface area is 126 Å². The highest BCUT2D eigenvalue weighted by Crippen LogP contribution is 2.22. The maximum absolute atomic E-state index is 12.1. The average molecular weight is 335 g/mol. The molecule has 0 aliphatic heterocycles. The van der Waals surface area contributed by atoms with Crippen LogP contribution < -0.4 is 10.1 Å². The Morgan fingerprint density at radius 2 is 2.20 bits per heavy atom. The molecule has 0 atom stereocenters. The number of carbonyl (C=O) groups is 1. The number of hydrogen-bond donors (Lipinski definition) is 1. The van der Waals surface area contributed by atoms with Gasteiger partial charge in [-0.2, -0.15) is 0 Å². The fourth-order valence-corrected chi connectivity index (χ4v) is 2.18. The highest BCUT2D eigenvalue weighted by Gasteiger charge is 2.10. The maximum Gasteiger partial charge on any atom is 0.252 e. The Hall–Kier alpha value is -1.88. The Balaban J connectivity index is 1.95. The van der Waals surface area contributed by atoms with Crippen LogP contribution in [0.4, 0.5) is 0 Å². The van der Waals surface area contributed by atoms with E-state index in [0.29, 0.717) is 24.3 Å². The van der Waals surface area contributed by atoms with Gasteiger partial charge < -0.3 is 10.1 Å². The number of hydrogen-bond acceptors (Lipinski definition) is 3. The van der Waals surface area contributed by atoms with Crippen molar-refractivity contribution in [1.29, 1.82) is 0 Å². The minimum Gasteiger partial charge on any atom is -0.497 e. The largest absolute Gasteiger partial charge is 0.497 e. The van der Waals surface area contributed by atoms with Gasteiger partial charge in [-0.1, -0.05) is 6.07 Å². The van der Waals surface area contributed by atoms with Gasteiger partial charge in [-0.05, 0) is 46.3 Å². The Morgan fingerprint density at radius 1 is 1.35 bits per heavy atom. The van der Waals surface area contributed by atoms with Gasteiger partial charge in [-0.25, -0.2) is 0 Å². The van der Waals surface area contributed by atoms with Gasteiger partial charge in [0.2, 0.25) is 0 Å². The van der Waals surface area contributed by atoms with Crippen LogP contribution in [-0.2, 0) is 6.42 Å². The lowest BCUT2D eigenvalue weighted by molar-refractivity contribution is 0.0953. The SMILES string of the molecule is COc1ccc(Br)c(C(=O)NCCc2ccccn2)c1. The van der Waals surface area contributed by atoms with E-state index in [-0.39, 0.29) is 5.91 Å². The van der Waals surface area contributed by atoms with Crippen molar-refractivity contribution in [2.45, 2.75) is 6.42 Å². The molecule has 1 aromatic carbocycles. The molecule has 4 nitrogen and oxygen atoms in total. The number of carbonyl (C=O) groups excluding carboxylic acids is 1. The highest BCUT2D eigenvalue weighted by atomic mass is 79.9. The molecule has 1 aromatic heterocycles. The fourth-order valence-electron chi connectivity index (χ4n) is 1.75. The second kappa shape index (κ2) is 7.05. The van der Waals surface area contributed by atoms with E-state index in [9.17, 15) is 4.79 Å². The van der Waals surface area contributed by atoms with Crippen LogP contribution in [0.1, 0.15) is 16.1 Å². The van der Waals surface area contributed by atoms with Crippen LogP contribution in [0, 0.1) is 0 Å². The number of nitrogens with zero attached hydrogens (tertiary/aromatic N) is 1. The van der Waals surface area contributed by atoms with Crippen molar-refractivity contribution in [3.05, 3.63) is 58.3 Å². The van der Waals surface area contributed by atoms with E-state index in [4.69, 9.17) is 4.74 Å². The molecular formula is C15H15BrN2O2. The molecule has 5 heteroatoms. The second-order valence-corrected chi connectivity index (χ2v) is 5.03. The lowest BCUT2D eigenvalue weighted by Gasteiger charge is -2.08. The van der Waals surface area contributed by atoms with Gasteiger partial charge in [0.25, 0.3) is 5.91 Å². The van der Waals surface area contributed by atoms with E-state index in [1.807, 2.05) is 18.2 Å². The first-order valence-corrected chi connectivity index (χ1v) is 7.01. The summed E-state index contributed by atoms with van der Waals surface area (Å²) in [7, 11) is 1.58.